The zero-order chi connectivity index (χ0) is 9.80. The molecule has 0 aliphatic carbocycles. The number of aromatic nitrogens is 1. The van der Waals surface area contributed by atoms with Gasteiger partial charge in [0, 0.05) is 18.7 Å². The number of nitrogens with two attached hydrogens (primary N) is 1. The summed E-state index contributed by atoms with van der Waals surface area (Å²) in [7, 11) is 0. The molecule has 4 heteroatoms. The lowest BCUT2D eigenvalue weighted by Crippen LogP contribution is -2.13. The molecule has 4 nitrogen and oxygen atoms in total. The van der Waals surface area contributed by atoms with Crippen LogP contribution in [-0.4, -0.2) is 24.8 Å². The summed E-state index contributed by atoms with van der Waals surface area (Å²) in [4.78, 5) is 4.05. The van der Waals surface area contributed by atoms with Gasteiger partial charge >= 0.3 is 0 Å². The number of anilines is 1. The molecule has 0 amide bonds. The van der Waals surface area contributed by atoms with Crippen LogP contribution in [0.15, 0.2) is 18.3 Å². The van der Waals surface area contributed by atoms with Crippen LogP contribution in [0, 0.1) is 5.92 Å². The molecule has 0 spiro atoms. The van der Waals surface area contributed by atoms with Crippen LogP contribution in [0.4, 0.5) is 5.69 Å². The standard InChI is InChI=1S/C10H14N2O2/c11-9-2-1-4-12-10(9)14-7-8-3-5-13-6-8/h1-2,4,8H,3,5-7,11H2. The second-order valence-electron chi connectivity index (χ2n) is 3.44. The van der Waals surface area contributed by atoms with Gasteiger partial charge in [0.25, 0.3) is 0 Å². The second kappa shape index (κ2) is 4.28. The molecule has 1 aromatic rings. The molecule has 2 rings (SSSR count). The number of nitrogen functional groups attached to an aromatic ring is 1. The van der Waals surface area contributed by atoms with Crippen molar-refractivity contribution in [1.82, 2.24) is 4.98 Å². The van der Waals surface area contributed by atoms with Crippen LogP contribution < -0.4 is 10.5 Å². The maximum Gasteiger partial charge on any atom is 0.237 e. The van der Waals surface area contributed by atoms with Crippen LogP contribution in [0.25, 0.3) is 0 Å². The van der Waals surface area contributed by atoms with Crippen LogP contribution in [0.1, 0.15) is 6.42 Å². The van der Waals surface area contributed by atoms with E-state index in [1.807, 2.05) is 0 Å². The van der Waals surface area contributed by atoms with E-state index in [4.69, 9.17) is 15.2 Å². The average Bonchev–Trinajstić information content (AvgIpc) is 2.69. The molecule has 1 atom stereocenters. The molecule has 2 heterocycles. The average molecular weight is 194 g/mol. The zero-order valence-corrected chi connectivity index (χ0v) is 7.98. The lowest BCUT2D eigenvalue weighted by Gasteiger charge is -2.10. The molecule has 1 aromatic heterocycles. The molecular weight excluding hydrogens is 180 g/mol. The van der Waals surface area contributed by atoms with Gasteiger partial charge in [-0.1, -0.05) is 0 Å². The number of hydrogen-bond donors (Lipinski definition) is 1. The minimum atomic E-state index is 0.483. The summed E-state index contributed by atoms with van der Waals surface area (Å²) in [6.45, 7) is 2.26. The van der Waals surface area contributed by atoms with Crippen LogP contribution in [0.3, 0.4) is 0 Å². The van der Waals surface area contributed by atoms with Crippen molar-refractivity contribution in [3.8, 4) is 5.88 Å². The Kier molecular flexibility index (Phi) is 2.84. The van der Waals surface area contributed by atoms with Gasteiger partial charge in [0.15, 0.2) is 0 Å². The van der Waals surface area contributed by atoms with Crippen molar-refractivity contribution in [3.05, 3.63) is 18.3 Å². The van der Waals surface area contributed by atoms with Crippen molar-refractivity contribution in [1.29, 1.82) is 0 Å². The van der Waals surface area contributed by atoms with Crippen LogP contribution in [-0.2, 0) is 4.74 Å². The molecule has 0 saturated carbocycles. The molecule has 76 valence electrons. The number of pyridine rings is 1. The summed E-state index contributed by atoms with van der Waals surface area (Å²) in [5, 5.41) is 0. The molecule has 1 unspecified atom stereocenters. The van der Waals surface area contributed by atoms with E-state index < -0.39 is 0 Å². The minimum Gasteiger partial charge on any atom is -0.476 e. The van der Waals surface area contributed by atoms with Gasteiger partial charge in [0.1, 0.15) is 0 Å². The Hall–Kier alpha value is -1.29. The first kappa shape index (κ1) is 9.27. The predicted molar refractivity (Wildman–Crippen MR) is 53.1 cm³/mol. The number of rotatable bonds is 3. The van der Waals surface area contributed by atoms with Crippen molar-refractivity contribution in [3.63, 3.8) is 0 Å². The fourth-order valence-corrected chi connectivity index (χ4v) is 1.44. The van der Waals surface area contributed by atoms with Crippen LogP contribution in [0.5, 0.6) is 5.88 Å². The lowest BCUT2D eigenvalue weighted by molar-refractivity contribution is 0.166. The summed E-state index contributed by atoms with van der Waals surface area (Å²) in [6.07, 6.45) is 2.74. The van der Waals surface area contributed by atoms with Crippen LogP contribution >= 0.6 is 0 Å². The Morgan fingerprint density at radius 2 is 2.57 bits per heavy atom. The van der Waals surface area contributed by atoms with E-state index >= 15 is 0 Å². The third-order valence-corrected chi connectivity index (χ3v) is 2.28. The highest BCUT2D eigenvalue weighted by atomic mass is 16.5. The summed E-state index contributed by atoms with van der Waals surface area (Å²) in [5.41, 5.74) is 6.28. The molecular formula is C10H14N2O2. The number of nitrogens with zero attached hydrogens (tertiary/aromatic N) is 1. The van der Waals surface area contributed by atoms with Gasteiger partial charge in [0.05, 0.1) is 18.9 Å². The van der Waals surface area contributed by atoms with E-state index in [0.717, 1.165) is 19.6 Å². The fourth-order valence-electron chi connectivity index (χ4n) is 1.44. The van der Waals surface area contributed by atoms with Crippen LogP contribution in [0.2, 0.25) is 0 Å². The maximum absolute atomic E-state index is 5.69. The molecule has 0 aromatic carbocycles. The summed E-state index contributed by atoms with van der Waals surface area (Å²) in [5.74, 6) is 1.01. The van der Waals surface area contributed by atoms with Crippen molar-refractivity contribution in [2.45, 2.75) is 6.42 Å². The number of ether oxygens (including phenoxy) is 2. The van der Waals surface area contributed by atoms with E-state index in [9.17, 15) is 0 Å². The van der Waals surface area contributed by atoms with E-state index in [2.05, 4.69) is 4.98 Å². The van der Waals surface area contributed by atoms with Crippen molar-refractivity contribution in [2.24, 2.45) is 5.92 Å². The van der Waals surface area contributed by atoms with Gasteiger partial charge in [-0.05, 0) is 18.6 Å². The van der Waals surface area contributed by atoms with Crippen molar-refractivity contribution >= 4 is 5.69 Å². The monoisotopic (exact) mass is 194 g/mol. The molecule has 1 aliphatic heterocycles. The first-order valence-electron chi connectivity index (χ1n) is 4.77. The topological polar surface area (TPSA) is 57.4 Å². The molecule has 0 radical (unpaired) electrons. The molecule has 0 bridgehead atoms. The Morgan fingerprint density at radius 1 is 1.64 bits per heavy atom. The highest BCUT2D eigenvalue weighted by Gasteiger charge is 2.16. The van der Waals surface area contributed by atoms with Gasteiger partial charge in [0.2, 0.25) is 5.88 Å². The molecule has 1 fully saturated rings. The van der Waals surface area contributed by atoms with E-state index in [0.29, 0.717) is 24.1 Å². The van der Waals surface area contributed by atoms with Gasteiger partial charge in [-0.3, -0.25) is 0 Å². The third-order valence-electron chi connectivity index (χ3n) is 2.28. The Balaban J connectivity index is 1.88. The van der Waals surface area contributed by atoms with Crippen molar-refractivity contribution < 1.29 is 9.47 Å². The maximum atomic E-state index is 5.69. The van der Waals surface area contributed by atoms with Gasteiger partial charge in [-0.2, -0.15) is 0 Å². The third kappa shape index (κ3) is 2.14. The SMILES string of the molecule is Nc1cccnc1OCC1CCOC1. The van der Waals surface area contributed by atoms with Crippen molar-refractivity contribution in [2.75, 3.05) is 25.6 Å². The predicted octanol–water partition coefficient (Wildman–Crippen LogP) is 1.08. The fraction of sp³-hybridized carbons (Fsp3) is 0.500. The molecule has 1 aliphatic rings. The molecule has 2 N–H and O–H groups in total. The number of hydrogen-bond acceptors (Lipinski definition) is 4. The zero-order valence-electron chi connectivity index (χ0n) is 7.98. The Morgan fingerprint density at radius 3 is 3.29 bits per heavy atom. The highest BCUT2D eigenvalue weighted by molar-refractivity contribution is 5.46. The lowest BCUT2D eigenvalue weighted by atomic mass is 10.1. The summed E-state index contributed by atoms with van der Waals surface area (Å²) < 4.78 is 10.7. The van der Waals surface area contributed by atoms with Gasteiger partial charge < -0.3 is 15.2 Å². The molecule has 1 saturated heterocycles. The minimum absolute atomic E-state index is 0.483. The first-order valence-corrected chi connectivity index (χ1v) is 4.77. The Labute approximate surface area is 83.0 Å². The quantitative estimate of drug-likeness (QED) is 0.782. The normalized spacial score (nSPS) is 21.0. The molecule has 14 heavy (non-hydrogen) atoms. The highest BCUT2D eigenvalue weighted by Crippen LogP contribution is 2.19. The first-order chi connectivity index (χ1) is 6.86. The Bertz CT molecular complexity index is 298. The van der Waals surface area contributed by atoms with E-state index in [1.54, 1.807) is 18.3 Å². The largest absolute Gasteiger partial charge is 0.476 e. The summed E-state index contributed by atoms with van der Waals surface area (Å²) >= 11 is 0. The van der Waals surface area contributed by atoms with Gasteiger partial charge in [-0.15, -0.1) is 0 Å². The summed E-state index contributed by atoms with van der Waals surface area (Å²) in [6, 6.07) is 3.58. The van der Waals surface area contributed by atoms with Gasteiger partial charge in [-0.25, -0.2) is 4.98 Å². The second-order valence-corrected chi connectivity index (χ2v) is 3.44. The van der Waals surface area contributed by atoms with E-state index in [-0.39, 0.29) is 0 Å². The van der Waals surface area contributed by atoms with E-state index in [1.165, 1.54) is 0 Å². The smallest absolute Gasteiger partial charge is 0.237 e.